The molecule has 0 saturated carbocycles. The summed E-state index contributed by atoms with van der Waals surface area (Å²) in [5.41, 5.74) is 3.25. The van der Waals surface area contributed by atoms with Crippen LogP contribution in [0.15, 0.2) is 73.1 Å². The van der Waals surface area contributed by atoms with E-state index in [4.69, 9.17) is 4.74 Å². The summed E-state index contributed by atoms with van der Waals surface area (Å²) in [6.07, 6.45) is 9.71. The Morgan fingerprint density at radius 2 is 1.63 bits per heavy atom. The van der Waals surface area contributed by atoms with Gasteiger partial charge >= 0.3 is 5.97 Å². The second kappa shape index (κ2) is 17.4. The maximum Gasteiger partial charge on any atom is 0.326 e. The molecule has 52 heavy (non-hydrogen) atoms. The lowest BCUT2D eigenvalue weighted by Gasteiger charge is -2.27. The van der Waals surface area contributed by atoms with Crippen LogP contribution in [-0.2, 0) is 21.4 Å². The zero-order valence-corrected chi connectivity index (χ0v) is 31.1. The molecule has 3 unspecified atom stereocenters. The van der Waals surface area contributed by atoms with Gasteiger partial charge in [-0.1, -0.05) is 89.8 Å². The van der Waals surface area contributed by atoms with Gasteiger partial charge < -0.3 is 20.1 Å². The Hall–Kier alpha value is -5.08. The van der Waals surface area contributed by atoms with E-state index in [1.807, 2.05) is 54.6 Å². The normalized spacial score (nSPS) is 16.2. The fourth-order valence-electron chi connectivity index (χ4n) is 6.19. The molecule has 4 aromatic rings. The van der Waals surface area contributed by atoms with Crippen molar-refractivity contribution in [2.24, 2.45) is 5.92 Å². The van der Waals surface area contributed by atoms with Gasteiger partial charge in [0, 0.05) is 41.4 Å². The lowest BCUT2D eigenvalue weighted by Crippen LogP contribution is -2.52. The van der Waals surface area contributed by atoms with Crippen LogP contribution in [0.4, 0.5) is 0 Å². The minimum atomic E-state index is -1.17. The fourth-order valence-corrected chi connectivity index (χ4v) is 7.16. The molecule has 272 valence electrons. The second-order valence-electron chi connectivity index (χ2n) is 14.3. The molecule has 2 amide bonds. The molecule has 11 heteroatoms. The molecule has 0 spiro atoms. The van der Waals surface area contributed by atoms with Gasteiger partial charge in [0.1, 0.15) is 17.8 Å². The summed E-state index contributed by atoms with van der Waals surface area (Å²) in [6.45, 7) is 9.10. The van der Waals surface area contributed by atoms with E-state index in [1.54, 1.807) is 18.5 Å². The first-order valence-corrected chi connectivity index (χ1v) is 18.8. The number of nitrogens with zero attached hydrogens (tertiary/aromatic N) is 4. The van der Waals surface area contributed by atoms with Gasteiger partial charge in [0.25, 0.3) is 5.91 Å². The third kappa shape index (κ3) is 9.82. The summed E-state index contributed by atoms with van der Waals surface area (Å²) in [4.78, 5) is 51.3. The highest BCUT2D eigenvalue weighted by atomic mass is 32.1. The highest BCUT2D eigenvalue weighted by molar-refractivity contribution is 7.14. The third-order valence-electron chi connectivity index (χ3n) is 9.23. The predicted octanol–water partition coefficient (Wildman–Crippen LogP) is 7.69. The summed E-state index contributed by atoms with van der Waals surface area (Å²) in [7, 11) is 0. The number of unbranched alkanes of at least 4 members (excludes halogenated alkanes) is 4. The fraction of sp³-hybridized carbons (Fsp3) is 0.415. The predicted molar refractivity (Wildman–Crippen MR) is 202 cm³/mol. The number of benzene rings is 2. The van der Waals surface area contributed by atoms with E-state index < -0.39 is 35.8 Å². The molecule has 10 nitrogen and oxygen atoms in total. The number of hydrogen-bond donors (Lipinski definition) is 2. The van der Waals surface area contributed by atoms with Gasteiger partial charge in [0.05, 0.1) is 23.5 Å². The zero-order valence-electron chi connectivity index (χ0n) is 30.3. The number of ether oxygens (including phenoxy) is 1. The van der Waals surface area contributed by atoms with E-state index in [-0.39, 0.29) is 24.8 Å². The largest absolute Gasteiger partial charge is 0.494 e. The molecule has 1 fully saturated rings. The first kappa shape index (κ1) is 38.2. The van der Waals surface area contributed by atoms with Gasteiger partial charge in [0.2, 0.25) is 5.91 Å². The Bertz CT molecular complexity index is 1860. The van der Waals surface area contributed by atoms with Crippen molar-refractivity contribution in [2.45, 2.75) is 90.1 Å². The molecule has 2 aromatic carbocycles. The summed E-state index contributed by atoms with van der Waals surface area (Å²) in [6, 6.07) is 18.9. The summed E-state index contributed by atoms with van der Waals surface area (Å²) >= 11 is 1.36. The summed E-state index contributed by atoms with van der Waals surface area (Å²) in [5.74, 6) is -1.33. The van der Waals surface area contributed by atoms with Crippen molar-refractivity contribution >= 4 is 29.1 Å². The first-order valence-electron chi connectivity index (χ1n) is 18.0. The number of nitriles is 1. The number of rotatable bonds is 15. The summed E-state index contributed by atoms with van der Waals surface area (Å²) in [5, 5.41) is 22.2. The molecule has 1 aliphatic rings. The van der Waals surface area contributed by atoms with Crippen molar-refractivity contribution in [3.8, 4) is 34.3 Å². The number of thiophene rings is 1. The van der Waals surface area contributed by atoms with Crippen LogP contribution in [0.3, 0.4) is 0 Å². The Morgan fingerprint density at radius 3 is 2.25 bits per heavy atom. The number of aliphatic carboxylic acids is 1. The molecule has 0 bridgehead atoms. The Balaban J connectivity index is 1.27. The maximum absolute atomic E-state index is 13.9. The number of carboxylic acid groups (broad SMARTS) is 1. The topological polar surface area (TPSA) is 146 Å². The van der Waals surface area contributed by atoms with Crippen LogP contribution in [0.2, 0.25) is 0 Å². The van der Waals surface area contributed by atoms with Gasteiger partial charge in [-0.2, -0.15) is 5.26 Å². The van der Waals surface area contributed by atoms with E-state index in [0.29, 0.717) is 17.3 Å². The quantitative estimate of drug-likeness (QED) is 0.119. The van der Waals surface area contributed by atoms with Gasteiger partial charge in [-0.3, -0.25) is 9.59 Å². The van der Waals surface area contributed by atoms with Crippen molar-refractivity contribution < 1.29 is 24.2 Å². The number of aromatic nitrogens is 2. The van der Waals surface area contributed by atoms with Crippen LogP contribution in [-0.4, -0.2) is 63.0 Å². The lowest BCUT2D eigenvalue weighted by atomic mass is 9.95. The molecule has 3 atom stereocenters. The minimum Gasteiger partial charge on any atom is -0.494 e. The van der Waals surface area contributed by atoms with Gasteiger partial charge in [-0.05, 0) is 53.6 Å². The monoisotopic (exact) mass is 721 g/mol. The maximum atomic E-state index is 13.9. The van der Waals surface area contributed by atoms with Crippen molar-refractivity contribution in [3.05, 3.63) is 88.4 Å². The van der Waals surface area contributed by atoms with E-state index in [2.05, 4.69) is 49.0 Å². The molecule has 3 heterocycles. The third-order valence-corrected chi connectivity index (χ3v) is 10.7. The summed E-state index contributed by atoms with van der Waals surface area (Å²) < 4.78 is 5.89. The number of carboxylic acids is 1. The van der Waals surface area contributed by atoms with Crippen molar-refractivity contribution in [1.29, 1.82) is 5.26 Å². The number of nitrogens with one attached hydrogen (secondary N) is 1. The smallest absolute Gasteiger partial charge is 0.326 e. The number of amides is 2. The number of hydrogen-bond acceptors (Lipinski definition) is 8. The lowest BCUT2D eigenvalue weighted by molar-refractivity contribution is -0.148. The Morgan fingerprint density at radius 1 is 0.962 bits per heavy atom. The van der Waals surface area contributed by atoms with Crippen LogP contribution >= 0.6 is 11.3 Å². The molecule has 1 aliphatic heterocycles. The van der Waals surface area contributed by atoms with E-state index in [1.165, 1.54) is 41.9 Å². The molecule has 2 aromatic heterocycles. The highest BCUT2D eigenvalue weighted by Crippen LogP contribution is 2.30. The van der Waals surface area contributed by atoms with Crippen LogP contribution in [0.1, 0.15) is 86.3 Å². The Kier molecular flexibility index (Phi) is 12.8. The number of carbonyl (C=O) groups excluding carboxylic acids is 2. The van der Waals surface area contributed by atoms with Crippen molar-refractivity contribution in [1.82, 2.24) is 20.2 Å². The number of likely N-dealkylation sites (tertiary alicyclic amines) is 1. The standard InChI is InChI=1S/C41H47N5O5S/c1-5-6-7-8-9-20-51-32-16-14-29(15-17-32)31-24-43-37(44-25-31)30-12-10-27(11-13-30)21-33(39(48)46-26-28(23-42)22-34(46)40(49)50)45-38(47)35-18-19-36(52-35)41(2,3)4/h10-19,24-25,28,33-34H,5-9,20-22,26H2,1-4H3,(H,45,47)(H,49,50). The van der Waals surface area contributed by atoms with Crippen LogP contribution in [0.25, 0.3) is 22.5 Å². The van der Waals surface area contributed by atoms with Gasteiger partial charge in [-0.25, -0.2) is 14.8 Å². The van der Waals surface area contributed by atoms with Crippen LogP contribution in [0.5, 0.6) is 5.75 Å². The molecule has 0 aliphatic carbocycles. The molecule has 1 saturated heterocycles. The zero-order chi connectivity index (χ0) is 37.3. The number of carbonyl (C=O) groups is 3. The van der Waals surface area contributed by atoms with Gasteiger partial charge in [0.15, 0.2) is 5.82 Å². The van der Waals surface area contributed by atoms with Crippen molar-refractivity contribution in [2.75, 3.05) is 13.2 Å². The molecule has 0 radical (unpaired) electrons. The Labute approximate surface area is 309 Å². The molecular weight excluding hydrogens is 675 g/mol. The minimum absolute atomic E-state index is 0.00473. The van der Waals surface area contributed by atoms with Gasteiger partial charge in [-0.15, -0.1) is 11.3 Å². The average molecular weight is 722 g/mol. The SMILES string of the molecule is CCCCCCCOc1ccc(-c2cnc(-c3ccc(CC(NC(=O)c4ccc(C(C)(C)C)s4)C(=O)N4CC(C#N)CC4C(=O)O)cc3)nc2)cc1. The first-order chi connectivity index (χ1) is 25.0. The molecular formula is C41H47N5O5S. The highest BCUT2D eigenvalue weighted by Gasteiger charge is 2.42. The van der Waals surface area contributed by atoms with Crippen LogP contribution in [0, 0.1) is 17.2 Å². The average Bonchev–Trinajstić information content (AvgIpc) is 3.83. The van der Waals surface area contributed by atoms with E-state index in [0.717, 1.165) is 39.3 Å². The van der Waals surface area contributed by atoms with E-state index >= 15 is 0 Å². The second-order valence-corrected chi connectivity index (χ2v) is 15.4. The molecule has 2 N–H and O–H groups in total. The van der Waals surface area contributed by atoms with Crippen molar-refractivity contribution in [3.63, 3.8) is 0 Å². The van der Waals surface area contributed by atoms with Crippen LogP contribution < -0.4 is 10.1 Å². The van der Waals surface area contributed by atoms with E-state index in [9.17, 15) is 24.8 Å². The molecule has 5 rings (SSSR count).